The van der Waals surface area contributed by atoms with Crippen LogP contribution in [0.5, 0.6) is 5.75 Å². The molecule has 0 aliphatic heterocycles. The van der Waals surface area contributed by atoms with Crippen molar-refractivity contribution in [3.05, 3.63) is 90.0 Å². The Balaban J connectivity index is 1.64. The second-order valence-electron chi connectivity index (χ2n) is 6.37. The van der Waals surface area contributed by atoms with Crippen molar-refractivity contribution in [2.45, 2.75) is 6.92 Å². The number of aromatic nitrogens is 1. The number of carbonyl (C=O) groups excluding carboxylic acids is 1. The van der Waals surface area contributed by atoms with Crippen molar-refractivity contribution in [2.24, 2.45) is 0 Å². The molecule has 0 saturated heterocycles. The van der Waals surface area contributed by atoms with Gasteiger partial charge in [0.25, 0.3) is 5.91 Å². The van der Waals surface area contributed by atoms with E-state index >= 15 is 0 Å². The third kappa shape index (κ3) is 4.52. The minimum Gasteiger partial charge on any atom is -0.494 e. The minimum atomic E-state index is -0.191. The number of hydrogen-bond donors (Lipinski definition) is 1. The van der Waals surface area contributed by atoms with Crippen molar-refractivity contribution in [1.82, 2.24) is 4.98 Å². The van der Waals surface area contributed by atoms with Crippen molar-refractivity contribution in [3.63, 3.8) is 0 Å². The van der Waals surface area contributed by atoms with Gasteiger partial charge in [0.1, 0.15) is 5.75 Å². The standard InChI is InChI=1S/C24H20N2O2S/c1-2-28-19-13-14-21-22(16-19)29-24(25-21)26-23(27)20(18-11-7-4-8-12-18)15-17-9-5-3-6-10-17/h3-16H,2H2,1H3,(H,25,26,27). The summed E-state index contributed by atoms with van der Waals surface area (Å²) in [6.45, 7) is 2.56. The van der Waals surface area contributed by atoms with Crippen molar-refractivity contribution >= 4 is 44.2 Å². The monoisotopic (exact) mass is 400 g/mol. The van der Waals surface area contributed by atoms with Gasteiger partial charge in [-0.15, -0.1) is 0 Å². The lowest BCUT2D eigenvalue weighted by Gasteiger charge is -2.08. The van der Waals surface area contributed by atoms with Crippen LogP contribution in [0.4, 0.5) is 5.13 Å². The summed E-state index contributed by atoms with van der Waals surface area (Å²) >= 11 is 1.43. The summed E-state index contributed by atoms with van der Waals surface area (Å²) in [7, 11) is 0. The molecule has 0 spiro atoms. The van der Waals surface area contributed by atoms with Gasteiger partial charge in [-0.2, -0.15) is 0 Å². The zero-order valence-corrected chi connectivity index (χ0v) is 16.8. The molecule has 0 aliphatic carbocycles. The number of fused-ring (bicyclic) bond motifs is 1. The van der Waals surface area contributed by atoms with Crippen molar-refractivity contribution < 1.29 is 9.53 Å². The summed E-state index contributed by atoms with van der Waals surface area (Å²) in [6.07, 6.45) is 1.89. The molecule has 144 valence electrons. The second kappa shape index (κ2) is 8.71. The molecule has 0 unspecified atom stereocenters. The van der Waals surface area contributed by atoms with Crippen molar-refractivity contribution in [1.29, 1.82) is 0 Å². The van der Waals surface area contributed by atoms with Crippen LogP contribution in [-0.2, 0) is 4.79 Å². The molecule has 1 amide bonds. The van der Waals surface area contributed by atoms with E-state index in [9.17, 15) is 4.79 Å². The van der Waals surface area contributed by atoms with Gasteiger partial charge in [0.2, 0.25) is 0 Å². The molecule has 4 rings (SSSR count). The van der Waals surface area contributed by atoms with Gasteiger partial charge in [0, 0.05) is 5.57 Å². The van der Waals surface area contributed by atoms with Gasteiger partial charge in [-0.25, -0.2) is 4.98 Å². The number of nitrogens with one attached hydrogen (secondary N) is 1. The summed E-state index contributed by atoms with van der Waals surface area (Å²) in [5.74, 6) is 0.611. The molecule has 1 heterocycles. The van der Waals surface area contributed by atoms with Crippen LogP contribution < -0.4 is 10.1 Å². The third-order valence-electron chi connectivity index (χ3n) is 4.33. The van der Waals surface area contributed by atoms with Crippen LogP contribution in [-0.4, -0.2) is 17.5 Å². The fraction of sp³-hybridized carbons (Fsp3) is 0.0833. The number of ether oxygens (including phenoxy) is 1. The number of benzene rings is 3. The highest BCUT2D eigenvalue weighted by atomic mass is 32.1. The molecule has 5 heteroatoms. The van der Waals surface area contributed by atoms with E-state index in [4.69, 9.17) is 4.74 Å². The first kappa shape index (κ1) is 18.9. The van der Waals surface area contributed by atoms with Gasteiger partial charge in [-0.05, 0) is 42.3 Å². The predicted octanol–water partition coefficient (Wildman–Crippen LogP) is 5.87. The second-order valence-corrected chi connectivity index (χ2v) is 7.40. The lowest BCUT2D eigenvalue weighted by Crippen LogP contribution is -2.13. The molecule has 0 atom stereocenters. The van der Waals surface area contributed by atoms with Gasteiger partial charge in [0.15, 0.2) is 5.13 Å². The summed E-state index contributed by atoms with van der Waals surface area (Å²) in [6, 6.07) is 25.2. The maximum atomic E-state index is 13.1. The van der Waals surface area contributed by atoms with E-state index in [1.165, 1.54) is 11.3 Å². The van der Waals surface area contributed by atoms with E-state index in [-0.39, 0.29) is 5.91 Å². The normalized spacial score (nSPS) is 11.4. The topological polar surface area (TPSA) is 51.2 Å². The quantitative estimate of drug-likeness (QED) is 0.325. The number of thiazole rings is 1. The average molecular weight is 401 g/mol. The number of rotatable bonds is 6. The Morgan fingerprint density at radius 2 is 1.76 bits per heavy atom. The Hall–Kier alpha value is -3.44. The van der Waals surface area contributed by atoms with Crippen LogP contribution in [0, 0.1) is 0 Å². The Labute approximate surface area is 173 Å². The average Bonchev–Trinajstić information content (AvgIpc) is 3.15. The highest BCUT2D eigenvalue weighted by molar-refractivity contribution is 7.22. The largest absolute Gasteiger partial charge is 0.494 e. The zero-order valence-electron chi connectivity index (χ0n) is 16.0. The molecule has 0 radical (unpaired) electrons. The zero-order chi connectivity index (χ0) is 20.1. The minimum absolute atomic E-state index is 0.191. The summed E-state index contributed by atoms with van der Waals surface area (Å²) in [5, 5.41) is 3.52. The van der Waals surface area contributed by atoms with Crippen LogP contribution >= 0.6 is 11.3 Å². The van der Waals surface area contributed by atoms with E-state index in [1.54, 1.807) is 0 Å². The number of carbonyl (C=O) groups is 1. The summed E-state index contributed by atoms with van der Waals surface area (Å²) < 4.78 is 6.52. The van der Waals surface area contributed by atoms with Crippen LogP contribution in [0.3, 0.4) is 0 Å². The number of anilines is 1. The van der Waals surface area contributed by atoms with E-state index in [0.717, 1.165) is 27.1 Å². The smallest absolute Gasteiger partial charge is 0.258 e. The van der Waals surface area contributed by atoms with Crippen LogP contribution in [0.25, 0.3) is 21.9 Å². The molecule has 29 heavy (non-hydrogen) atoms. The lowest BCUT2D eigenvalue weighted by molar-refractivity contribution is -0.111. The SMILES string of the molecule is CCOc1ccc2nc(NC(=O)C(=Cc3ccccc3)c3ccccc3)sc2c1. The summed E-state index contributed by atoms with van der Waals surface area (Å²) in [4.78, 5) is 17.7. The molecule has 4 nitrogen and oxygen atoms in total. The highest BCUT2D eigenvalue weighted by Gasteiger charge is 2.15. The molecular formula is C24H20N2O2S. The fourth-order valence-corrected chi connectivity index (χ4v) is 3.88. The van der Waals surface area contributed by atoms with Crippen LogP contribution in [0.1, 0.15) is 18.1 Å². The van der Waals surface area contributed by atoms with Gasteiger partial charge in [-0.3, -0.25) is 10.1 Å². The van der Waals surface area contributed by atoms with Gasteiger partial charge >= 0.3 is 0 Å². The Kier molecular flexibility index (Phi) is 5.68. The van der Waals surface area contributed by atoms with Gasteiger partial charge < -0.3 is 4.74 Å². The molecule has 4 aromatic rings. The number of hydrogen-bond acceptors (Lipinski definition) is 4. The van der Waals surface area contributed by atoms with Crippen molar-refractivity contribution in [2.75, 3.05) is 11.9 Å². The summed E-state index contributed by atoms with van der Waals surface area (Å²) in [5.41, 5.74) is 3.24. The first-order valence-corrected chi connectivity index (χ1v) is 10.2. The molecular weight excluding hydrogens is 380 g/mol. The first-order valence-electron chi connectivity index (χ1n) is 9.40. The maximum Gasteiger partial charge on any atom is 0.258 e. The highest BCUT2D eigenvalue weighted by Crippen LogP contribution is 2.30. The Morgan fingerprint density at radius 3 is 2.48 bits per heavy atom. The molecule has 3 aromatic carbocycles. The molecule has 1 N–H and O–H groups in total. The van der Waals surface area contributed by atoms with E-state index < -0.39 is 0 Å². The third-order valence-corrected chi connectivity index (χ3v) is 5.26. The molecule has 0 saturated carbocycles. The van der Waals surface area contributed by atoms with Crippen molar-refractivity contribution in [3.8, 4) is 5.75 Å². The maximum absolute atomic E-state index is 13.1. The van der Waals surface area contributed by atoms with Gasteiger partial charge in [-0.1, -0.05) is 72.0 Å². The molecule has 0 aliphatic rings. The van der Waals surface area contributed by atoms with E-state index in [1.807, 2.05) is 91.9 Å². The van der Waals surface area contributed by atoms with Crippen LogP contribution in [0.15, 0.2) is 78.9 Å². The number of nitrogens with zero attached hydrogens (tertiary/aromatic N) is 1. The number of amides is 1. The Morgan fingerprint density at radius 1 is 1.03 bits per heavy atom. The predicted molar refractivity (Wildman–Crippen MR) is 120 cm³/mol. The van der Waals surface area contributed by atoms with E-state index in [0.29, 0.717) is 17.3 Å². The molecule has 0 fully saturated rings. The lowest BCUT2D eigenvalue weighted by atomic mass is 10.0. The van der Waals surface area contributed by atoms with E-state index in [2.05, 4.69) is 10.3 Å². The molecule has 1 aromatic heterocycles. The van der Waals surface area contributed by atoms with Crippen LogP contribution in [0.2, 0.25) is 0 Å². The first-order chi connectivity index (χ1) is 14.2. The Bertz CT molecular complexity index is 1150. The molecule has 0 bridgehead atoms. The fourth-order valence-electron chi connectivity index (χ4n) is 2.99. The van der Waals surface area contributed by atoms with Gasteiger partial charge in [0.05, 0.1) is 16.8 Å².